The van der Waals surface area contributed by atoms with E-state index in [9.17, 15) is 76.7 Å². The minimum atomic E-state index is -0.637. The highest BCUT2D eigenvalue weighted by Gasteiger charge is 2.28. The lowest BCUT2D eigenvalue weighted by Crippen LogP contribution is -3.05. The summed E-state index contributed by atoms with van der Waals surface area (Å²) in [6.45, 7) is 1.49. The van der Waals surface area contributed by atoms with E-state index in [1.165, 1.54) is 69.2 Å². The zero-order chi connectivity index (χ0) is 94.3. The van der Waals surface area contributed by atoms with Crippen LogP contribution in [0.2, 0.25) is 0 Å². The minimum Gasteiger partial charge on any atom is -0.356 e. The normalized spacial score (nSPS) is 11.2. The maximum Gasteiger partial charge on any atom is 0.291 e. The van der Waals surface area contributed by atoms with Gasteiger partial charge in [-0.25, -0.2) is 24.9 Å². The number of nitrogens with one attached hydrogen (secondary N) is 9. The average molecular weight is 1790 g/mol. The standard InChI is InChI=1S/C89H113N25O16/c1-104(2)33-17-15-20-61(115)21-18-23-68(117)63-34-54(44-105(63)3)37-70(119)81-95-60(50-111(81)9)43-73(122)82-94-57(49-110(82)8)40-62(116)22-19-24-69(118)64-35-55(45-106(64)4)38-71(120)83-101-74(51-112(83)10)98-78(124)25-14-13-16-30-92-86(127)66-42-59(48-109(66)7)97-89(130)85-103-76(53-114(85)12)100-80(126)28-32-93-87(128)67-41-58(47-108(67)6)96-88(129)65-36-56(46-107(65)5)39-72(121)84-102-75(52-113(84)11)99-79(125)27-31-91-77(123)26-29-90/h34-36,41-42,44-53H,13-33,37-40,43,90H2,1-12H3,(H,91,123)(H,92,127)(H,93,128)(H,96,129)(H,97,130)(H,98,124)(H,99,125)(H,100,126)/p+1. The van der Waals surface area contributed by atoms with Crippen molar-refractivity contribution in [3.8, 4) is 0 Å². The molecule has 0 spiro atoms. The van der Waals surface area contributed by atoms with Gasteiger partial charge in [-0.05, 0) is 85.5 Å². The number of aromatic nitrogens is 15. The van der Waals surface area contributed by atoms with Gasteiger partial charge in [0.25, 0.3) is 23.6 Å². The molecule has 10 aromatic rings. The molecule has 0 aliphatic heterocycles. The quantitative estimate of drug-likeness (QED) is 0.0189. The number of hydrogen-bond acceptors (Lipinski definition) is 22. The first kappa shape index (κ1) is 97.7. The van der Waals surface area contributed by atoms with Crippen LogP contribution in [0.3, 0.4) is 0 Å². The molecule has 11 N–H and O–H groups in total. The van der Waals surface area contributed by atoms with Crippen LogP contribution in [0, 0.1) is 0 Å². The van der Waals surface area contributed by atoms with Crippen LogP contribution in [-0.4, -0.2) is 211 Å². The van der Waals surface area contributed by atoms with Crippen molar-refractivity contribution >= 4 is 122 Å². The van der Waals surface area contributed by atoms with E-state index in [1.807, 2.05) is 0 Å². The Morgan fingerprint density at radius 2 is 0.669 bits per heavy atom. The number of anilines is 5. The Labute approximate surface area is 749 Å². The van der Waals surface area contributed by atoms with Gasteiger partial charge in [-0.1, -0.05) is 6.42 Å². The van der Waals surface area contributed by atoms with E-state index < -0.39 is 35.4 Å². The van der Waals surface area contributed by atoms with Crippen molar-refractivity contribution in [1.29, 1.82) is 0 Å². The molecular weight excluding hydrogens is 1680 g/mol. The Kier molecular flexibility index (Phi) is 34.0. The molecule has 10 rings (SSSR count). The Balaban J connectivity index is 0.574. The highest BCUT2D eigenvalue weighted by atomic mass is 16.2. The predicted octanol–water partition coefficient (Wildman–Crippen LogP) is 4.14. The number of aryl methyl sites for hydroxylation is 10. The van der Waals surface area contributed by atoms with Crippen molar-refractivity contribution in [1.82, 2.24) is 86.5 Å². The molecule has 0 unspecified atom stereocenters. The molecule has 0 radical (unpaired) electrons. The van der Waals surface area contributed by atoms with E-state index in [0.717, 1.165) is 19.4 Å². The van der Waals surface area contributed by atoms with Crippen molar-refractivity contribution in [2.45, 2.75) is 135 Å². The number of nitrogens with zero attached hydrogens (tertiary/aromatic N) is 15. The zero-order valence-corrected chi connectivity index (χ0v) is 75.4. The van der Waals surface area contributed by atoms with Gasteiger partial charge < -0.3 is 98.8 Å². The molecule has 8 amide bonds. The molecule has 0 saturated carbocycles. The Morgan fingerprint density at radius 3 is 1.16 bits per heavy atom. The molecule has 10 heterocycles. The van der Waals surface area contributed by atoms with Gasteiger partial charge in [0.1, 0.15) is 28.6 Å². The van der Waals surface area contributed by atoms with Crippen LogP contribution in [0.15, 0.2) is 92.3 Å². The highest BCUT2D eigenvalue weighted by Crippen LogP contribution is 2.24. The monoisotopic (exact) mass is 1790 g/mol. The number of unbranched alkanes of at least 4 members (excludes halogenated alkanes) is 3. The fraction of sp³-hybridized carbons (Fsp3) is 0.427. The second kappa shape index (κ2) is 45.3. The first-order valence-corrected chi connectivity index (χ1v) is 42.9. The van der Waals surface area contributed by atoms with Crippen molar-refractivity contribution in [3.05, 3.63) is 178 Å². The van der Waals surface area contributed by atoms with E-state index in [-0.39, 0.29) is 231 Å². The van der Waals surface area contributed by atoms with Gasteiger partial charge in [0.15, 0.2) is 52.3 Å². The summed E-state index contributed by atoms with van der Waals surface area (Å²) < 4.78 is 15.4. The second-order valence-electron chi connectivity index (χ2n) is 32.9. The molecule has 0 bridgehead atoms. The first-order chi connectivity index (χ1) is 61.8. The summed E-state index contributed by atoms with van der Waals surface area (Å²) >= 11 is 0. The zero-order valence-electron chi connectivity index (χ0n) is 75.4. The minimum absolute atomic E-state index is 0.0165. The van der Waals surface area contributed by atoms with Gasteiger partial charge in [0.2, 0.25) is 52.6 Å². The van der Waals surface area contributed by atoms with Crippen LogP contribution in [0.5, 0.6) is 0 Å². The van der Waals surface area contributed by atoms with Crippen LogP contribution < -0.4 is 53.2 Å². The average Bonchev–Trinajstić information content (AvgIpc) is 1.69. The van der Waals surface area contributed by atoms with Crippen LogP contribution in [0.25, 0.3) is 0 Å². The summed E-state index contributed by atoms with van der Waals surface area (Å²) in [4.78, 5) is 233. The summed E-state index contributed by atoms with van der Waals surface area (Å²) in [5.74, 6) is -4.69. The number of carbonyl (C=O) groups is 16. The van der Waals surface area contributed by atoms with Crippen molar-refractivity contribution in [2.24, 2.45) is 76.2 Å². The first-order valence-electron chi connectivity index (χ1n) is 42.9. The summed E-state index contributed by atoms with van der Waals surface area (Å²) in [6, 6.07) is 7.82. The number of amides is 8. The van der Waals surface area contributed by atoms with Gasteiger partial charge >= 0.3 is 0 Å². The van der Waals surface area contributed by atoms with E-state index >= 15 is 0 Å². The third-order valence-electron chi connectivity index (χ3n) is 21.4. The number of Topliss-reactive ketones (excluding diaryl/α,β-unsaturated/α-hetero) is 8. The molecule has 0 saturated heterocycles. The number of imidazole rings is 5. The molecule has 690 valence electrons. The fourth-order valence-electron chi connectivity index (χ4n) is 14.9. The molecule has 0 aliphatic carbocycles. The van der Waals surface area contributed by atoms with Crippen LogP contribution >= 0.6 is 0 Å². The number of nitrogens with two attached hydrogens (primary N) is 1. The second-order valence-corrected chi connectivity index (χ2v) is 32.9. The third-order valence-corrected chi connectivity index (χ3v) is 21.4. The molecule has 41 heteroatoms. The number of ketones is 8. The number of quaternary nitrogens is 1. The highest BCUT2D eigenvalue weighted by molar-refractivity contribution is 6.07. The predicted molar refractivity (Wildman–Crippen MR) is 478 cm³/mol. The van der Waals surface area contributed by atoms with E-state index in [4.69, 9.17) is 5.73 Å². The van der Waals surface area contributed by atoms with Gasteiger partial charge in [0.05, 0.1) is 67.6 Å². The van der Waals surface area contributed by atoms with Crippen molar-refractivity contribution < 1.29 is 81.6 Å². The molecule has 130 heavy (non-hydrogen) atoms. The number of hydrogen-bond donors (Lipinski definition) is 10. The largest absolute Gasteiger partial charge is 0.356 e. The molecule has 0 atom stereocenters. The topological polar surface area (TPSA) is 514 Å². The summed E-state index contributed by atoms with van der Waals surface area (Å²) in [6.07, 6.45) is 20.7. The van der Waals surface area contributed by atoms with E-state index in [2.05, 4.69) is 81.5 Å². The lowest BCUT2D eigenvalue weighted by atomic mass is 10.0. The summed E-state index contributed by atoms with van der Waals surface area (Å²) in [5.41, 5.74) is 9.82. The molecule has 0 fully saturated rings. The van der Waals surface area contributed by atoms with Crippen LogP contribution in [0.1, 0.15) is 236 Å². The third kappa shape index (κ3) is 27.5. The summed E-state index contributed by atoms with van der Waals surface area (Å²) in [5, 5.41) is 21.6. The van der Waals surface area contributed by atoms with Gasteiger partial charge in [-0.2, -0.15) is 0 Å². The molecular formula is C89H114N25O16+. The maximum atomic E-state index is 13.6. The number of carbonyl (C=O) groups excluding carboxylic acids is 16. The van der Waals surface area contributed by atoms with Crippen molar-refractivity contribution in [2.75, 3.05) is 73.4 Å². The van der Waals surface area contributed by atoms with Crippen LogP contribution in [-0.2, 0) is 131 Å². The summed E-state index contributed by atoms with van der Waals surface area (Å²) in [7, 11) is 20.5. The maximum absolute atomic E-state index is 13.6. The molecule has 41 nitrogen and oxygen atoms in total. The lowest BCUT2D eigenvalue weighted by molar-refractivity contribution is -0.858. The van der Waals surface area contributed by atoms with E-state index in [1.54, 1.807) is 144 Å². The SMILES string of the molecule is Cn1cc(CC(=O)c2nc(CC(=O)c3nc(CC(=O)CCCC(=O)c4cc(CC(=O)c5nc(NC(=O)CCCCCNC(=O)c6cc(NC(=O)c7nc(NC(=O)CCNC(=O)c8cc(NC(=O)c9cc(CC(=O)c%10nc(NC(=O)CCNC(=O)CCN)cn%10C)cn9C)cn8C)cn7C)cn6C)cn5C)cn4C)cn3C)cn2C)cc1C(=O)CCCC(=O)CCCC[NH+](C)C. The van der Waals surface area contributed by atoms with Gasteiger partial charge in [0, 0.05) is 236 Å². The van der Waals surface area contributed by atoms with Crippen molar-refractivity contribution in [3.63, 3.8) is 0 Å². The lowest BCUT2D eigenvalue weighted by Gasteiger charge is -2.06. The Morgan fingerprint density at radius 1 is 0.292 bits per heavy atom. The Bertz CT molecular complexity index is 5930. The molecule has 0 aromatic carbocycles. The molecule has 0 aliphatic rings. The van der Waals surface area contributed by atoms with Gasteiger partial charge in [-0.3, -0.25) is 76.7 Å². The van der Waals surface area contributed by atoms with E-state index in [0.29, 0.717) is 89.4 Å². The Hall–Kier alpha value is -14.5. The number of rotatable bonds is 52. The van der Waals surface area contributed by atoms with Gasteiger partial charge in [-0.15, -0.1) is 0 Å². The smallest absolute Gasteiger partial charge is 0.291 e. The molecule has 10 aromatic heterocycles. The van der Waals surface area contributed by atoms with Crippen LogP contribution in [0.4, 0.5) is 28.8 Å². The fourth-order valence-corrected chi connectivity index (χ4v) is 14.9.